The van der Waals surface area contributed by atoms with Gasteiger partial charge in [0.25, 0.3) is 0 Å². The summed E-state index contributed by atoms with van der Waals surface area (Å²) >= 11 is 0. The highest BCUT2D eigenvalue weighted by molar-refractivity contribution is 5.33. The SMILES string of the molecule is COC(C)CNCc1cccc(F)c1O. The second-order valence-electron chi connectivity index (χ2n) is 3.42. The molecule has 0 radical (unpaired) electrons. The van der Waals surface area contributed by atoms with Crippen LogP contribution in [-0.4, -0.2) is 24.9 Å². The van der Waals surface area contributed by atoms with E-state index in [9.17, 15) is 9.50 Å². The van der Waals surface area contributed by atoms with E-state index in [0.717, 1.165) is 0 Å². The Morgan fingerprint density at radius 1 is 1.53 bits per heavy atom. The first-order valence-electron chi connectivity index (χ1n) is 4.85. The molecule has 1 aromatic carbocycles. The number of hydrogen-bond acceptors (Lipinski definition) is 3. The van der Waals surface area contributed by atoms with Gasteiger partial charge in [0.15, 0.2) is 11.6 Å². The fourth-order valence-corrected chi connectivity index (χ4v) is 1.20. The maximum absolute atomic E-state index is 12.9. The average Bonchev–Trinajstić information content (AvgIpc) is 2.24. The summed E-state index contributed by atoms with van der Waals surface area (Å²) in [6.45, 7) is 3.02. The first-order valence-corrected chi connectivity index (χ1v) is 4.85. The Kier molecular flexibility index (Phi) is 4.52. The maximum atomic E-state index is 12.9. The van der Waals surface area contributed by atoms with Crippen molar-refractivity contribution in [3.63, 3.8) is 0 Å². The molecule has 0 aliphatic carbocycles. The minimum absolute atomic E-state index is 0.0979. The van der Waals surface area contributed by atoms with Crippen LogP contribution < -0.4 is 5.32 Å². The molecule has 84 valence electrons. The van der Waals surface area contributed by atoms with Gasteiger partial charge in [-0.25, -0.2) is 4.39 Å². The molecule has 0 fully saturated rings. The lowest BCUT2D eigenvalue weighted by Crippen LogP contribution is -2.25. The van der Waals surface area contributed by atoms with Gasteiger partial charge in [-0.2, -0.15) is 0 Å². The monoisotopic (exact) mass is 213 g/mol. The topological polar surface area (TPSA) is 41.5 Å². The van der Waals surface area contributed by atoms with Gasteiger partial charge in [-0.1, -0.05) is 12.1 Å². The Bertz CT molecular complexity index is 317. The molecule has 0 aliphatic rings. The van der Waals surface area contributed by atoms with Gasteiger partial charge >= 0.3 is 0 Å². The Labute approximate surface area is 88.9 Å². The van der Waals surface area contributed by atoms with Crippen LogP contribution in [0.15, 0.2) is 18.2 Å². The Hall–Kier alpha value is -1.13. The Morgan fingerprint density at radius 2 is 2.27 bits per heavy atom. The molecular formula is C11H16FNO2. The fraction of sp³-hybridized carbons (Fsp3) is 0.455. The second-order valence-corrected chi connectivity index (χ2v) is 3.42. The largest absolute Gasteiger partial charge is 0.505 e. The molecule has 1 aromatic rings. The number of halogens is 1. The molecule has 1 unspecified atom stereocenters. The molecule has 3 nitrogen and oxygen atoms in total. The predicted octanol–water partition coefficient (Wildman–Crippen LogP) is 1.66. The van der Waals surface area contributed by atoms with E-state index < -0.39 is 5.82 Å². The van der Waals surface area contributed by atoms with Crippen molar-refractivity contribution in [3.05, 3.63) is 29.6 Å². The predicted molar refractivity (Wildman–Crippen MR) is 56.2 cm³/mol. The summed E-state index contributed by atoms with van der Waals surface area (Å²) in [6.07, 6.45) is 0.0979. The standard InChI is InChI=1S/C11H16FNO2/c1-8(15-2)6-13-7-9-4-3-5-10(12)11(9)14/h3-5,8,13-14H,6-7H2,1-2H3. The van der Waals surface area contributed by atoms with Gasteiger partial charge < -0.3 is 15.2 Å². The molecule has 1 atom stereocenters. The lowest BCUT2D eigenvalue weighted by Gasteiger charge is -2.11. The van der Waals surface area contributed by atoms with Crippen LogP contribution in [0.25, 0.3) is 0 Å². The van der Waals surface area contributed by atoms with Crippen molar-refractivity contribution in [1.82, 2.24) is 5.32 Å². The number of nitrogens with one attached hydrogen (secondary N) is 1. The molecule has 0 saturated heterocycles. The number of hydrogen-bond donors (Lipinski definition) is 2. The van der Waals surface area contributed by atoms with Crippen molar-refractivity contribution in [1.29, 1.82) is 0 Å². The van der Waals surface area contributed by atoms with E-state index in [1.165, 1.54) is 6.07 Å². The van der Waals surface area contributed by atoms with Crippen molar-refractivity contribution in [2.45, 2.75) is 19.6 Å². The number of aromatic hydroxyl groups is 1. The number of phenols is 1. The highest BCUT2D eigenvalue weighted by Crippen LogP contribution is 2.20. The maximum Gasteiger partial charge on any atom is 0.165 e. The van der Waals surface area contributed by atoms with Gasteiger partial charge in [0.2, 0.25) is 0 Å². The van der Waals surface area contributed by atoms with E-state index in [1.807, 2.05) is 6.92 Å². The zero-order chi connectivity index (χ0) is 11.3. The van der Waals surface area contributed by atoms with E-state index in [1.54, 1.807) is 19.2 Å². The summed E-state index contributed by atoms with van der Waals surface area (Å²) in [4.78, 5) is 0. The van der Waals surface area contributed by atoms with Crippen molar-refractivity contribution < 1.29 is 14.2 Å². The molecule has 0 spiro atoms. The van der Waals surface area contributed by atoms with Crippen LogP contribution in [0.4, 0.5) is 4.39 Å². The fourth-order valence-electron chi connectivity index (χ4n) is 1.20. The van der Waals surface area contributed by atoms with Crippen LogP contribution in [0.2, 0.25) is 0 Å². The molecule has 2 N–H and O–H groups in total. The van der Waals surface area contributed by atoms with Gasteiger partial charge in [-0.05, 0) is 13.0 Å². The number of phenolic OH excluding ortho intramolecular Hbond substituents is 1. The van der Waals surface area contributed by atoms with Crippen LogP contribution >= 0.6 is 0 Å². The zero-order valence-corrected chi connectivity index (χ0v) is 8.96. The minimum atomic E-state index is -0.589. The summed E-state index contributed by atoms with van der Waals surface area (Å²) in [7, 11) is 1.63. The second kappa shape index (κ2) is 5.68. The van der Waals surface area contributed by atoms with E-state index in [0.29, 0.717) is 18.7 Å². The van der Waals surface area contributed by atoms with Crippen molar-refractivity contribution in [2.75, 3.05) is 13.7 Å². The summed E-state index contributed by atoms with van der Waals surface area (Å²) in [6, 6.07) is 4.49. The number of benzene rings is 1. The highest BCUT2D eigenvalue weighted by Gasteiger charge is 2.06. The number of para-hydroxylation sites is 1. The average molecular weight is 213 g/mol. The van der Waals surface area contributed by atoms with Gasteiger partial charge in [0.05, 0.1) is 6.10 Å². The third-order valence-electron chi connectivity index (χ3n) is 2.22. The number of rotatable bonds is 5. The van der Waals surface area contributed by atoms with Crippen molar-refractivity contribution in [2.24, 2.45) is 0 Å². The summed E-state index contributed by atoms with van der Waals surface area (Å²) in [5, 5.41) is 12.4. The number of ether oxygens (including phenoxy) is 1. The summed E-state index contributed by atoms with van der Waals surface area (Å²) in [5.74, 6) is -0.871. The van der Waals surface area contributed by atoms with E-state index in [-0.39, 0.29) is 11.9 Å². The molecule has 0 saturated carbocycles. The molecule has 0 bridgehead atoms. The zero-order valence-electron chi connectivity index (χ0n) is 8.96. The lowest BCUT2D eigenvalue weighted by molar-refractivity contribution is 0.117. The van der Waals surface area contributed by atoms with Crippen LogP contribution in [0, 0.1) is 5.82 Å². The summed E-state index contributed by atoms with van der Waals surface area (Å²) in [5.41, 5.74) is 0.554. The molecule has 4 heteroatoms. The van der Waals surface area contributed by atoms with Crippen molar-refractivity contribution >= 4 is 0 Å². The molecule has 15 heavy (non-hydrogen) atoms. The van der Waals surface area contributed by atoms with Gasteiger partial charge in [-0.15, -0.1) is 0 Å². The Balaban J connectivity index is 2.47. The smallest absolute Gasteiger partial charge is 0.165 e. The number of methoxy groups -OCH3 is 1. The van der Waals surface area contributed by atoms with Crippen molar-refractivity contribution in [3.8, 4) is 5.75 Å². The third-order valence-corrected chi connectivity index (χ3v) is 2.22. The quantitative estimate of drug-likeness (QED) is 0.781. The molecule has 0 amide bonds. The third kappa shape index (κ3) is 3.49. The highest BCUT2D eigenvalue weighted by atomic mass is 19.1. The molecule has 0 aliphatic heterocycles. The van der Waals surface area contributed by atoms with E-state index in [2.05, 4.69) is 5.32 Å². The first kappa shape index (κ1) is 11.9. The minimum Gasteiger partial charge on any atom is -0.505 e. The van der Waals surface area contributed by atoms with E-state index >= 15 is 0 Å². The lowest BCUT2D eigenvalue weighted by atomic mass is 10.2. The van der Waals surface area contributed by atoms with Crippen LogP contribution in [-0.2, 0) is 11.3 Å². The van der Waals surface area contributed by atoms with Gasteiger partial charge in [0.1, 0.15) is 0 Å². The Morgan fingerprint density at radius 3 is 2.93 bits per heavy atom. The van der Waals surface area contributed by atoms with E-state index in [4.69, 9.17) is 4.74 Å². The first-order chi connectivity index (χ1) is 7.15. The van der Waals surface area contributed by atoms with Crippen LogP contribution in [0.5, 0.6) is 5.75 Å². The van der Waals surface area contributed by atoms with Gasteiger partial charge in [0, 0.05) is 25.8 Å². The molecule has 0 aromatic heterocycles. The molecule has 0 heterocycles. The summed E-state index contributed by atoms with van der Waals surface area (Å²) < 4.78 is 18.0. The van der Waals surface area contributed by atoms with Crippen LogP contribution in [0.3, 0.4) is 0 Å². The molecular weight excluding hydrogens is 197 g/mol. The van der Waals surface area contributed by atoms with Gasteiger partial charge in [-0.3, -0.25) is 0 Å². The normalized spacial score (nSPS) is 12.7. The molecule has 1 rings (SSSR count). The van der Waals surface area contributed by atoms with Crippen LogP contribution in [0.1, 0.15) is 12.5 Å².